The Morgan fingerprint density at radius 1 is 0.857 bits per heavy atom. The molecule has 0 aliphatic rings. The molecular formula is C18H19N3. The lowest BCUT2D eigenvalue weighted by Crippen LogP contribution is -1.94. The molecule has 0 atom stereocenters. The molecule has 0 radical (unpaired) electrons. The van der Waals surface area contributed by atoms with Gasteiger partial charge in [-0.05, 0) is 41.7 Å². The first-order valence-electron chi connectivity index (χ1n) is 7.23. The maximum Gasteiger partial charge on any atom is 0.0800 e. The maximum atomic E-state index is 4.09. The molecule has 2 aromatic carbocycles. The minimum atomic E-state index is 0.567. The largest absolute Gasteiger partial charge is 0.220 e. The molecule has 0 aliphatic carbocycles. The van der Waals surface area contributed by atoms with E-state index >= 15 is 0 Å². The van der Waals surface area contributed by atoms with Crippen LogP contribution in [-0.4, -0.2) is 15.0 Å². The van der Waals surface area contributed by atoms with Gasteiger partial charge in [0.1, 0.15) is 0 Å². The van der Waals surface area contributed by atoms with Gasteiger partial charge in [-0.15, -0.1) is 5.10 Å². The van der Waals surface area contributed by atoms with E-state index in [0.29, 0.717) is 5.92 Å². The van der Waals surface area contributed by atoms with Crippen molar-refractivity contribution in [3.8, 4) is 16.8 Å². The summed E-state index contributed by atoms with van der Waals surface area (Å²) >= 11 is 0. The Kier molecular flexibility index (Phi) is 3.57. The van der Waals surface area contributed by atoms with Crippen LogP contribution in [0.15, 0.2) is 54.7 Å². The number of aryl methyl sites for hydroxylation is 1. The fraction of sp³-hybridized carbons (Fsp3) is 0.222. The Balaban J connectivity index is 1.86. The summed E-state index contributed by atoms with van der Waals surface area (Å²) < 4.78 is 1.79. The van der Waals surface area contributed by atoms with Crippen molar-refractivity contribution in [1.82, 2.24) is 15.0 Å². The molecule has 0 fully saturated rings. The second-order valence-electron chi connectivity index (χ2n) is 5.63. The summed E-state index contributed by atoms with van der Waals surface area (Å²) in [5, 5.41) is 8.10. The second-order valence-corrected chi connectivity index (χ2v) is 5.63. The lowest BCUT2D eigenvalue weighted by molar-refractivity contribution is 0.801. The second kappa shape index (κ2) is 5.52. The zero-order chi connectivity index (χ0) is 14.8. The van der Waals surface area contributed by atoms with E-state index < -0.39 is 0 Å². The average molecular weight is 277 g/mol. The molecule has 0 bridgehead atoms. The van der Waals surface area contributed by atoms with Crippen LogP contribution >= 0.6 is 0 Å². The van der Waals surface area contributed by atoms with Gasteiger partial charge in [-0.1, -0.05) is 55.5 Å². The van der Waals surface area contributed by atoms with Gasteiger partial charge in [0.05, 0.1) is 17.6 Å². The molecule has 0 unspecified atom stereocenters. The van der Waals surface area contributed by atoms with Gasteiger partial charge in [-0.25, -0.2) is 4.68 Å². The van der Waals surface area contributed by atoms with Gasteiger partial charge in [0.15, 0.2) is 0 Å². The van der Waals surface area contributed by atoms with E-state index in [4.69, 9.17) is 0 Å². The lowest BCUT2D eigenvalue weighted by Gasteiger charge is -2.08. The van der Waals surface area contributed by atoms with Crippen molar-refractivity contribution in [1.29, 1.82) is 0 Å². The number of hydrogen-bond acceptors (Lipinski definition) is 2. The molecule has 3 heteroatoms. The normalized spacial score (nSPS) is 11.0. The molecule has 106 valence electrons. The molecule has 3 rings (SSSR count). The third-order valence-corrected chi connectivity index (χ3v) is 3.65. The Hall–Kier alpha value is -2.42. The number of hydrogen-bond donors (Lipinski definition) is 0. The van der Waals surface area contributed by atoms with Crippen molar-refractivity contribution in [2.45, 2.75) is 26.7 Å². The van der Waals surface area contributed by atoms with Crippen molar-refractivity contribution in [3.63, 3.8) is 0 Å². The van der Waals surface area contributed by atoms with E-state index in [2.05, 4.69) is 72.7 Å². The predicted molar refractivity (Wildman–Crippen MR) is 85.6 cm³/mol. The zero-order valence-corrected chi connectivity index (χ0v) is 12.6. The van der Waals surface area contributed by atoms with Gasteiger partial charge in [-0.3, -0.25) is 0 Å². The number of nitrogens with zero attached hydrogens (tertiary/aromatic N) is 3. The standard InChI is InChI=1S/C18H19N3/c1-13(2)15-4-6-16(7-5-15)17-8-10-18(11-9-17)21-12-14(3)19-20-21/h4-13H,1-3H3. The highest BCUT2D eigenvalue weighted by atomic mass is 15.4. The molecule has 0 aliphatic heterocycles. The molecule has 0 amide bonds. The fourth-order valence-corrected chi connectivity index (χ4v) is 2.34. The van der Waals surface area contributed by atoms with E-state index in [1.165, 1.54) is 16.7 Å². The highest BCUT2D eigenvalue weighted by molar-refractivity contribution is 5.65. The van der Waals surface area contributed by atoms with E-state index in [9.17, 15) is 0 Å². The summed E-state index contributed by atoms with van der Waals surface area (Å²) in [4.78, 5) is 0. The van der Waals surface area contributed by atoms with Crippen molar-refractivity contribution in [2.24, 2.45) is 0 Å². The average Bonchev–Trinajstić information content (AvgIpc) is 2.94. The Morgan fingerprint density at radius 2 is 1.43 bits per heavy atom. The van der Waals surface area contributed by atoms with E-state index in [1.54, 1.807) is 4.68 Å². The number of rotatable bonds is 3. The lowest BCUT2D eigenvalue weighted by atomic mass is 9.99. The van der Waals surface area contributed by atoms with Gasteiger partial charge < -0.3 is 0 Å². The molecule has 0 saturated heterocycles. The highest BCUT2D eigenvalue weighted by Crippen LogP contribution is 2.23. The minimum Gasteiger partial charge on any atom is -0.220 e. The van der Waals surface area contributed by atoms with Crippen molar-refractivity contribution in [3.05, 3.63) is 66.0 Å². The van der Waals surface area contributed by atoms with Crippen LogP contribution in [-0.2, 0) is 0 Å². The quantitative estimate of drug-likeness (QED) is 0.712. The summed E-state index contributed by atoms with van der Waals surface area (Å²) in [5.74, 6) is 0.567. The van der Waals surface area contributed by atoms with Crippen LogP contribution in [0, 0.1) is 6.92 Å². The summed E-state index contributed by atoms with van der Waals surface area (Å²) in [7, 11) is 0. The summed E-state index contributed by atoms with van der Waals surface area (Å²) in [6.45, 7) is 6.36. The van der Waals surface area contributed by atoms with Gasteiger partial charge in [0.2, 0.25) is 0 Å². The van der Waals surface area contributed by atoms with Crippen LogP contribution < -0.4 is 0 Å². The highest BCUT2D eigenvalue weighted by Gasteiger charge is 2.03. The van der Waals surface area contributed by atoms with Gasteiger partial charge >= 0.3 is 0 Å². The Labute approximate surface area is 125 Å². The van der Waals surface area contributed by atoms with Crippen molar-refractivity contribution < 1.29 is 0 Å². The monoisotopic (exact) mass is 277 g/mol. The maximum absolute atomic E-state index is 4.09. The van der Waals surface area contributed by atoms with Gasteiger partial charge in [-0.2, -0.15) is 0 Å². The van der Waals surface area contributed by atoms with E-state index in [0.717, 1.165) is 11.4 Å². The molecule has 1 heterocycles. The van der Waals surface area contributed by atoms with E-state index in [1.807, 2.05) is 13.1 Å². The fourth-order valence-electron chi connectivity index (χ4n) is 2.34. The molecule has 21 heavy (non-hydrogen) atoms. The topological polar surface area (TPSA) is 30.7 Å². The molecular weight excluding hydrogens is 258 g/mol. The minimum absolute atomic E-state index is 0.567. The summed E-state index contributed by atoms with van der Waals surface area (Å²) in [6, 6.07) is 17.2. The van der Waals surface area contributed by atoms with Crippen LogP contribution in [0.1, 0.15) is 31.0 Å². The molecule has 3 nitrogen and oxygen atoms in total. The first kappa shape index (κ1) is 13.6. The first-order chi connectivity index (χ1) is 10.1. The van der Waals surface area contributed by atoms with Gasteiger partial charge in [0, 0.05) is 0 Å². The zero-order valence-electron chi connectivity index (χ0n) is 12.6. The van der Waals surface area contributed by atoms with Crippen LogP contribution in [0.2, 0.25) is 0 Å². The smallest absolute Gasteiger partial charge is 0.0800 e. The molecule has 3 aromatic rings. The van der Waals surface area contributed by atoms with E-state index in [-0.39, 0.29) is 0 Å². The third-order valence-electron chi connectivity index (χ3n) is 3.65. The molecule has 0 N–H and O–H groups in total. The number of aromatic nitrogens is 3. The Morgan fingerprint density at radius 3 is 1.90 bits per heavy atom. The van der Waals surface area contributed by atoms with Crippen molar-refractivity contribution >= 4 is 0 Å². The van der Waals surface area contributed by atoms with Crippen LogP contribution in [0.3, 0.4) is 0 Å². The molecule has 1 aromatic heterocycles. The summed E-state index contributed by atoms with van der Waals surface area (Å²) in [5.41, 5.74) is 5.77. The van der Waals surface area contributed by atoms with Gasteiger partial charge in [0.25, 0.3) is 0 Å². The number of benzene rings is 2. The first-order valence-corrected chi connectivity index (χ1v) is 7.23. The molecule has 0 saturated carbocycles. The third kappa shape index (κ3) is 2.87. The van der Waals surface area contributed by atoms with Crippen molar-refractivity contribution in [2.75, 3.05) is 0 Å². The SMILES string of the molecule is Cc1cn(-c2ccc(-c3ccc(C(C)C)cc3)cc2)nn1. The van der Waals surface area contributed by atoms with Crippen LogP contribution in [0.25, 0.3) is 16.8 Å². The summed E-state index contributed by atoms with van der Waals surface area (Å²) in [6.07, 6.45) is 1.92. The Bertz CT molecular complexity index is 722. The van der Waals surface area contributed by atoms with Crippen LogP contribution in [0.4, 0.5) is 0 Å². The molecule has 0 spiro atoms. The predicted octanol–water partition coefficient (Wildman–Crippen LogP) is 4.37. The van der Waals surface area contributed by atoms with Crippen LogP contribution in [0.5, 0.6) is 0 Å².